The van der Waals surface area contributed by atoms with Crippen LogP contribution in [0, 0.1) is 56.7 Å². The number of hydrogen-bond donors (Lipinski definition) is 0. The van der Waals surface area contributed by atoms with Crippen molar-refractivity contribution in [2.24, 2.45) is 56.7 Å². The van der Waals surface area contributed by atoms with E-state index in [4.69, 9.17) is 4.74 Å². The lowest BCUT2D eigenvalue weighted by atomic mass is 9.32. The Morgan fingerprint density at radius 2 is 1.54 bits per heavy atom. The van der Waals surface area contributed by atoms with E-state index >= 15 is 0 Å². The van der Waals surface area contributed by atoms with Gasteiger partial charge in [-0.1, -0.05) is 46.8 Å². The molecule has 0 aromatic rings. The van der Waals surface area contributed by atoms with Crippen LogP contribution in [0.5, 0.6) is 0 Å². The molecule has 10 atom stereocenters. The number of hydrogen-bond acceptors (Lipinski definition) is 3. The Morgan fingerprint density at radius 3 is 2.17 bits per heavy atom. The summed E-state index contributed by atoms with van der Waals surface area (Å²) in [7, 11) is 0. The summed E-state index contributed by atoms with van der Waals surface area (Å²) in [5.74, 6) is 2.76. The van der Waals surface area contributed by atoms with E-state index in [0.717, 1.165) is 32.1 Å². The van der Waals surface area contributed by atoms with Crippen molar-refractivity contribution < 1.29 is 14.3 Å². The van der Waals surface area contributed by atoms with Gasteiger partial charge in [-0.2, -0.15) is 0 Å². The van der Waals surface area contributed by atoms with Crippen molar-refractivity contribution in [3.63, 3.8) is 0 Å². The predicted molar refractivity (Wildman–Crippen MR) is 141 cm³/mol. The Kier molecular flexibility index (Phi) is 5.79. The Balaban J connectivity index is 1.51. The monoisotopic (exact) mass is 482 g/mol. The van der Waals surface area contributed by atoms with Gasteiger partial charge in [-0.3, -0.25) is 4.79 Å². The van der Waals surface area contributed by atoms with Crippen LogP contribution in [0.2, 0.25) is 0 Å². The fourth-order valence-electron chi connectivity index (χ4n) is 11.8. The van der Waals surface area contributed by atoms with Crippen molar-refractivity contribution in [2.75, 3.05) is 0 Å². The standard InChI is InChI=1S/C32H50O3/c1-20(2)22-11-16-32(19-33)18-17-30(7)23(27(22)32)9-10-25-29(6)14-13-26(35-21(3)34)28(4,5)24(29)12-15-31(25,30)8/h19,22-27H,1,9-18H2,2-8H3/t22-,23+,24+,25+,26-,27+,29-,30-,31+,32+/m0/s1. The van der Waals surface area contributed by atoms with Crippen LogP contribution >= 0.6 is 0 Å². The molecular weight excluding hydrogens is 432 g/mol. The topological polar surface area (TPSA) is 43.4 Å². The number of esters is 1. The summed E-state index contributed by atoms with van der Waals surface area (Å²) >= 11 is 0. The molecule has 5 rings (SSSR count). The normalized spacial score (nSPS) is 52.3. The summed E-state index contributed by atoms with van der Waals surface area (Å²) in [6.07, 6.45) is 13.1. The molecule has 0 aromatic heterocycles. The minimum atomic E-state index is -0.134. The number of allylic oxidation sites excluding steroid dienone is 1. The molecule has 3 heteroatoms. The number of ether oxygens (including phenoxy) is 1. The lowest BCUT2D eigenvalue weighted by Gasteiger charge is -2.72. The Hall–Kier alpha value is -1.12. The zero-order valence-electron chi connectivity index (χ0n) is 23.5. The zero-order chi connectivity index (χ0) is 25.6. The lowest BCUT2D eigenvalue weighted by Crippen LogP contribution is -2.66. The van der Waals surface area contributed by atoms with E-state index in [2.05, 4.69) is 48.1 Å². The van der Waals surface area contributed by atoms with Crippen molar-refractivity contribution in [2.45, 2.75) is 119 Å². The van der Waals surface area contributed by atoms with Crippen molar-refractivity contribution in [3.05, 3.63) is 12.2 Å². The molecule has 0 amide bonds. The smallest absolute Gasteiger partial charge is 0.302 e. The van der Waals surface area contributed by atoms with Crippen molar-refractivity contribution >= 4 is 12.3 Å². The number of carbonyl (C=O) groups is 2. The molecule has 0 N–H and O–H groups in total. The van der Waals surface area contributed by atoms with Gasteiger partial charge in [-0.25, -0.2) is 0 Å². The molecule has 0 unspecified atom stereocenters. The second-order valence-electron chi connectivity index (χ2n) is 15.0. The van der Waals surface area contributed by atoms with Gasteiger partial charge >= 0.3 is 5.97 Å². The molecule has 0 saturated heterocycles. The van der Waals surface area contributed by atoms with E-state index in [-0.39, 0.29) is 33.7 Å². The summed E-state index contributed by atoms with van der Waals surface area (Å²) < 4.78 is 5.89. The first-order chi connectivity index (χ1) is 16.3. The second kappa shape index (κ2) is 7.94. The summed E-state index contributed by atoms with van der Waals surface area (Å²) in [5.41, 5.74) is 2.05. The number of rotatable bonds is 3. The minimum Gasteiger partial charge on any atom is -0.462 e. The van der Waals surface area contributed by atoms with Gasteiger partial charge in [0.25, 0.3) is 0 Å². The van der Waals surface area contributed by atoms with Crippen LogP contribution in [-0.4, -0.2) is 18.4 Å². The second-order valence-corrected chi connectivity index (χ2v) is 15.0. The number of fused-ring (bicyclic) bond motifs is 7. The van der Waals surface area contributed by atoms with Crippen LogP contribution in [0.1, 0.15) is 113 Å². The molecule has 5 saturated carbocycles. The van der Waals surface area contributed by atoms with Crippen LogP contribution in [0.3, 0.4) is 0 Å². The van der Waals surface area contributed by atoms with E-state index < -0.39 is 0 Å². The first kappa shape index (κ1) is 25.5. The summed E-state index contributed by atoms with van der Waals surface area (Å²) in [4.78, 5) is 24.5. The molecule has 0 radical (unpaired) electrons. The van der Waals surface area contributed by atoms with E-state index in [9.17, 15) is 9.59 Å². The van der Waals surface area contributed by atoms with Gasteiger partial charge in [0, 0.05) is 17.8 Å². The van der Waals surface area contributed by atoms with Gasteiger partial charge in [-0.05, 0) is 117 Å². The first-order valence-electron chi connectivity index (χ1n) is 14.6. The van der Waals surface area contributed by atoms with Crippen molar-refractivity contribution in [1.82, 2.24) is 0 Å². The van der Waals surface area contributed by atoms with Gasteiger partial charge in [0.2, 0.25) is 0 Å². The molecule has 0 heterocycles. The van der Waals surface area contributed by atoms with Crippen molar-refractivity contribution in [1.29, 1.82) is 0 Å². The maximum atomic E-state index is 12.6. The van der Waals surface area contributed by atoms with Gasteiger partial charge in [0.1, 0.15) is 12.4 Å². The summed E-state index contributed by atoms with van der Waals surface area (Å²) in [6, 6.07) is 0. The molecule has 5 fully saturated rings. The molecule has 0 aromatic carbocycles. The van der Waals surface area contributed by atoms with Crippen LogP contribution < -0.4 is 0 Å². The molecule has 0 spiro atoms. The Morgan fingerprint density at radius 1 is 0.829 bits per heavy atom. The minimum absolute atomic E-state index is 0.00743. The first-order valence-corrected chi connectivity index (χ1v) is 14.6. The third-order valence-corrected chi connectivity index (χ3v) is 13.6. The highest BCUT2D eigenvalue weighted by molar-refractivity contribution is 5.66. The molecule has 3 nitrogen and oxygen atoms in total. The van der Waals surface area contributed by atoms with Crippen LogP contribution in [0.4, 0.5) is 0 Å². The van der Waals surface area contributed by atoms with Crippen LogP contribution in [0.25, 0.3) is 0 Å². The van der Waals surface area contributed by atoms with E-state index in [0.29, 0.717) is 35.0 Å². The molecule has 5 aliphatic carbocycles. The Labute approximate surface area is 214 Å². The molecule has 5 aliphatic rings. The fourth-order valence-corrected chi connectivity index (χ4v) is 11.8. The predicted octanol–water partition coefficient (Wildman–Crippen LogP) is 7.77. The molecule has 196 valence electrons. The maximum absolute atomic E-state index is 12.6. The molecule has 0 bridgehead atoms. The highest BCUT2D eigenvalue weighted by atomic mass is 16.5. The number of carbonyl (C=O) groups excluding carboxylic acids is 2. The third-order valence-electron chi connectivity index (χ3n) is 13.6. The van der Waals surface area contributed by atoms with E-state index in [1.54, 1.807) is 6.92 Å². The SMILES string of the molecule is C=C(C)[C@@H]1CC[C@]2(C=O)CC[C@@]3(C)[C@H](CC[C@@H]4[C@@]5(C)CC[C@H](OC(C)=O)C(C)(C)[C@H]5CC[C@]43C)[C@@H]12. The lowest BCUT2D eigenvalue weighted by molar-refractivity contribution is -0.247. The summed E-state index contributed by atoms with van der Waals surface area (Å²) in [5, 5.41) is 0. The highest BCUT2D eigenvalue weighted by Crippen LogP contribution is 2.77. The quantitative estimate of drug-likeness (QED) is 0.234. The van der Waals surface area contributed by atoms with Crippen LogP contribution in [-0.2, 0) is 14.3 Å². The maximum Gasteiger partial charge on any atom is 0.302 e. The van der Waals surface area contributed by atoms with E-state index in [1.807, 2.05) is 0 Å². The van der Waals surface area contributed by atoms with Gasteiger partial charge in [0.15, 0.2) is 0 Å². The average Bonchev–Trinajstić information content (AvgIpc) is 3.16. The largest absolute Gasteiger partial charge is 0.462 e. The van der Waals surface area contributed by atoms with E-state index in [1.165, 1.54) is 44.0 Å². The Bertz CT molecular complexity index is 920. The van der Waals surface area contributed by atoms with Gasteiger partial charge < -0.3 is 9.53 Å². The van der Waals surface area contributed by atoms with Gasteiger partial charge in [-0.15, -0.1) is 0 Å². The van der Waals surface area contributed by atoms with Gasteiger partial charge in [0.05, 0.1) is 0 Å². The third kappa shape index (κ3) is 3.21. The average molecular weight is 483 g/mol. The van der Waals surface area contributed by atoms with Crippen molar-refractivity contribution in [3.8, 4) is 0 Å². The molecule has 35 heavy (non-hydrogen) atoms. The highest BCUT2D eigenvalue weighted by Gasteiger charge is 2.71. The zero-order valence-corrected chi connectivity index (χ0v) is 23.5. The van der Waals surface area contributed by atoms with Crippen LogP contribution in [0.15, 0.2) is 12.2 Å². The summed E-state index contributed by atoms with van der Waals surface area (Å²) in [6.45, 7) is 20.8. The number of aldehydes is 1. The fraction of sp³-hybridized carbons (Fsp3) is 0.875. The molecular formula is C32H50O3. The molecule has 0 aliphatic heterocycles.